The zero-order valence-corrected chi connectivity index (χ0v) is 23.2. The van der Waals surface area contributed by atoms with Crippen LogP contribution in [0.25, 0.3) is 0 Å². The van der Waals surface area contributed by atoms with E-state index in [0.717, 1.165) is 60.6 Å². The number of para-hydroxylation sites is 2. The molecule has 0 radical (unpaired) electrons. The Bertz CT molecular complexity index is 1200. The van der Waals surface area contributed by atoms with Crippen LogP contribution in [-0.4, -0.2) is 101 Å². The summed E-state index contributed by atoms with van der Waals surface area (Å²) in [5.41, 5.74) is 1.94. The van der Waals surface area contributed by atoms with E-state index in [2.05, 4.69) is 22.3 Å². The molecule has 14 heteroatoms. The highest BCUT2D eigenvalue weighted by molar-refractivity contribution is 7.99. The Balaban J connectivity index is 0.000000319. The van der Waals surface area contributed by atoms with E-state index in [1.807, 2.05) is 41.3 Å². The summed E-state index contributed by atoms with van der Waals surface area (Å²) in [6.07, 6.45) is 2.23. The number of ether oxygens (including phenoxy) is 1. The smallest absolute Gasteiger partial charge is 0.328 e. The van der Waals surface area contributed by atoms with Gasteiger partial charge in [0.1, 0.15) is 0 Å². The van der Waals surface area contributed by atoms with Crippen LogP contribution in [0.4, 0.5) is 11.4 Å². The molecule has 5 N–H and O–H groups in total. The Hall–Kier alpha value is -4.50. The highest BCUT2D eigenvalue weighted by atomic mass is 32.2. The maximum Gasteiger partial charge on any atom is 0.328 e. The molecular formula is C28H31N3O10S. The third-order valence-corrected chi connectivity index (χ3v) is 6.53. The molecule has 0 aromatic heterocycles. The van der Waals surface area contributed by atoms with Crippen molar-refractivity contribution in [2.75, 3.05) is 50.8 Å². The van der Waals surface area contributed by atoms with Crippen molar-refractivity contribution in [3.8, 4) is 0 Å². The fraction of sp³-hybridized carbons (Fsp3) is 0.250. The highest BCUT2D eigenvalue weighted by Crippen LogP contribution is 2.47. The van der Waals surface area contributed by atoms with Crippen LogP contribution in [0.15, 0.2) is 82.6 Å². The van der Waals surface area contributed by atoms with Gasteiger partial charge in [0.15, 0.2) is 0 Å². The third kappa shape index (κ3) is 12.3. The van der Waals surface area contributed by atoms with Crippen LogP contribution >= 0.6 is 11.8 Å². The number of anilines is 2. The average molecular weight is 602 g/mol. The second-order valence-corrected chi connectivity index (χ2v) is 9.50. The molecule has 1 saturated heterocycles. The van der Waals surface area contributed by atoms with E-state index in [-0.39, 0.29) is 5.91 Å². The minimum absolute atomic E-state index is 0.0761. The van der Waals surface area contributed by atoms with Gasteiger partial charge in [0.2, 0.25) is 5.91 Å². The largest absolute Gasteiger partial charge is 0.478 e. The molecule has 4 rings (SSSR count). The molecule has 2 aromatic carbocycles. The van der Waals surface area contributed by atoms with Gasteiger partial charge in [0.05, 0.1) is 31.1 Å². The Kier molecular flexibility index (Phi) is 14.5. The van der Waals surface area contributed by atoms with Crippen molar-refractivity contribution >= 4 is 52.9 Å². The van der Waals surface area contributed by atoms with Crippen LogP contribution in [0.5, 0.6) is 0 Å². The number of nitrogens with one attached hydrogen (secondary N) is 1. The number of carbonyl (C=O) groups excluding carboxylic acids is 1. The molecule has 42 heavy (non-hydrogen) atoms. The van der Waals surface area contributed by atoms with Crippen molar-refractivity contribution in [3.63, 3.8) is 0 Å². The van der Waals surface area contributed by atoms with Gasteiger partial charge in [-0.1, -0.05) is 36.0 Å². The summed E-state index contributed by atoms with van der Waals surface area (Å²) in [6.45, 7) is 5.63. The first-order valence-electron chi connectivity index (χ1n) is 12.6. The monoisotopic (exact) mass is 601 g/mol. The van der Waals surface area contributed by atoms with Gasteiger partial charge in [-0.15, -0.1) is 0 Å². The quantitative estimate of drug-likeness (QED) is 0.207. The number of nitrogens with zero attached hydrogens (tertiary/aromatic N) is 2. The SMILES string of the molecule is O=C(CNCCN1CCOCC1)N1c2ccccc2Sc2ccccc21.O=C(O)/C=C\C(=O)O.O=C(O)/C=C\C(=O)O. The first kappa shape index (κ1) is 33.7. The molecule has 2 aliphatic heterocycles. The molecule has 0 saturated carbocycles. The number of fused-ring (bicyclic) bond motifs is 2. The Morgan fingerprint density at radius 2 is 1.17 bits per heavy atom. The minimum Gasteiger partial charge on any atom is -0.478 e. The van der Waals surface area contributed by atoms with Gasteiger partial charge in [-0.25, -0.2) is 19.2 Å². The molecular weight excluding hydrogens is 570 g/mol. The van der Waals surface area contributed by atoms with Crippen molar-refractivity contribution in [2.24, 2.45) is 0 Å². The summed E-state index contributed by atoms with van der Waals surface area (Å²) >= 11 is 1.72. The number of hydrogen-bond donors (Lipinski definition) is 5. The van der Waals surface area contributed by atoms with Gasteiger partial charge in [0.25, 0.3) is 0 Å². The number of morpholine rings is 1. The van der Waals surface area contributed by atoms with E-state index >= 15 is 0 Å². The van der Waals surface area contributed by atoms with Gasteiger partial charge < -0.3 is 30.5 Å². The number of aliphatic carboxylic acids is 4. The summed E-state index contributed by atoms with van der Waals surface area (Å²) in [6, 6.07) is 16.2. The number of carboxylic acid groups (broad SMARTS) is 4. The number of carbonyl (C=O) groups is 5. The molecule has 224 valence electrons. The summed E-state index contributed by atoms with van der Waals surface area (Å²) in [5.74, 6) is -4.95. The lowest BCUT2D eigenvalue weighted by Crippen LogP contribution is -2.42. The maximum absolute atomic E-state index is 13.0. The maximum atomic E-state index is 13.0. The fourth-order valence-corrected chi connectivity index (χ4v) is 4.65. The van der Waals surface area contributed by atoms with Crippen LogP contribution in [0.1, 0.15) is 0 Å². The molecule has 0 unspecified atom stereocenters. The molecule has 13 nitrogen and oxygen atoms in total. The second kappa shape index (κ2) is 18.0. The van der Waals surface area contributed by atoms with Gasteiger partial charge >= 0.3 is 23.9 Å². The summed E-state index contributed by atoms with van der Waals surface area (Å²) in [4.78, 5) is 57.7. The predicted octanol–water partition coefficient (Wildman–Crippen LogP) is 2.16. The van der Waals surface area contributed by atoms with Gasteiger partial charge in [0, 0.05) is 60.3 Å². The third-order valence-electron chi connectivity index (χ3n) is 5.40. The predicted molar refractivity (Wildman–Crippen MR) is 153 cm³/mol. The van der Waals surface area contributed by atoms with Gasteiger partial charge in [-0.2, -0.15) is 0 Å². The fourth-order valence-electron chi connectivity index (χ4n) is 3.59. The first-order valence-corrected chi connectivity index (χ1v) is 13.4. The van der Waals surface area contributed by atoms with E-state index in [1.165, 1.54) is 0 Å². The lowest BCUT2D eigenvalue weighted by atomic mass is 10.2. The summed E-state index contributed by atoms with van der Waals surface area (Å²) in [5, 5.41) is 34.6. The summed E-state index contributed by atoms with van der Waals surface area (Å²) in [7, 11) is 0. The van der Waals surface area contributed by atoms with Crippen LogP contribution in [0, 0.1) is 0 Å². The van der Waals surface area contributed by atoms with E-state index in [9.17, 15) is 24.0 Å². The number of carboxylic acids is 4. The number of hydrogen-bond acceptors (Lipinski definition) is 9. The molecule has 2 heterocycles. The molecule has 0 atom stereocenters. The Labute approximate surface area is 245 Å². The number of benzene rings is 2. The van der Waals surface area contributed by atoms with Crippen molar-refractivity contribution in [2.45, 2.75) is 9.79 Å². The zero-order chi connectivity index (χ0) is 30.9. The topological polar surface area (TPSA) is 194 Å². The molecule has 2 aliphatic rings. The van der Waals surface area contributed by atoms with Crippen LogP contribution < -0.4 is 10.2 Å². The van der Waals surface area contributed by atoms with E-state index < -0.39 is 23.9 Å². The van der Waals surface area contributed by atoms with E-state index in [4.69, 9.17) is 25.2 Å². The molecule has 1 amide bonds. The van der Waals surface area contributed by atoms with Gasteiger partial charge in [-0.05, 0) is 24.3 Å². The number of rotatable bonds is 9. The molecule has 0 aliphatic carbocycles. The summed E-state index contributed by atoms with van der Waals surface area (Å²) < 4.78 is 5.37. The highest BCUT2D eigenvalue weighted by Gasteiger charge is 2.27. The van der Waals surface area contributed by atoms with E-state index in [1.54, 1.807) is 11.8 Å². The minimum atomic E-state index is -1.26. The molecule has 1 fully saturated rings. The Morgan fingerprint density at radius 3 is 1.60 bits per heavy atom. The molecule has 0 spiro atoms. The van der Waals surface area contributed by atoms with Crippen LogP contribution in [-0.2, 0) is 28.7 Å². The molecule has 0 bridgehead atoms. The van der Waals surface area contributed by atoms with Crippen LogP contribution in [0.3, 0.4) is 0 Å². The van der Waals surface area contributed by atoms with Crippen molar-refractivity contribution in [1.82, 2.24) is 10.2 Å². The van der Waals surface area contributed by atoms with Crippen molar-refractivity contribution < 1.29 is 49.1 Å². The van der Waals surface area contributed by atoms with Crippen molar-refractivity contribution in [1.29, 1.82) is 0 Å². The zero-order valence-electron chi connectivity index (χ0n) is 22.4. The molecule has 2 aromatic rings. The average Bonchev–Trinajstić information content (AvgIpc) is 2.97. The number of amides is 1. The standard InChI is InChI=1S/C20H23N3O2S.2C4H4O4/c24-20(15-21-9-10-22-11-13-25-14-12-22)23-16-5-1-3-7-18(16)26-19-8-4-2-6-17(19)23;2*5-3(6)1-2-4(7)8/h1-8,21H,9-15H2;2*1-2H,(H,5,6)(H,7,8)/b;2*2-1-. The normalized spacial score (nSPS) is 14.0. The Morgan fingerprint density at radius 1 is 0.738 bits per heavy atom. The van der Waals surface area contributed by atoms with Crippen LogP contribution in [0.2, 0.25) is 0 Å². The van der Waals surface area contributed by atoms with E-state index in [0.29, 0.717) is 30.8 Å². The second-order valence-electron chi connectivity index (χ2n) is 8.42. The van der Waals surface area contributed by atoms with Crippen molar-refractivity contribution in [3.05, 3.63) is 72.8 Å². The first-order chi connectivity index (χ1) is 20.1. The lowest BCUT2D eigenvalue weighted by Gasteiger charge is -2.31. The lowest BCUT2D eigenvalue weighted by molar-refractivity contribution is -0.134. The van der Waals surface area contributed by atoms with Gasteiger partial charge in [-0.3, -0.25) is 14.6 Å².